The molecule has 0 aliphatic heterocycles. The molecule has 0 saturated carbocycles. The summed E-state index contributed by atoms with van der Waals surface area (Å²) in [6.07, 6.45) is 0. The first-order chi connectivity index (χ1) is 8.31. The largest absolute Gasteiger partial charge is 0.355 e. The third-order valence-corrected chi connectivity index (χ3v) is 2.33. The number of rotatable bonds is 3. The Morgan fingerprint density at radius 3 is 2.29 bits per heavy atom. The Bertz CT molecular complexity index is 512. The predicted molar refractivity (Wildman–Crippen MR) is 65.4 cm³/mol. The van der Waals surface area contributed by atoms with Gasteiger partial charge in [0.1, 0.15) is 0 Å². The highest BCUT2D eigenvalue weighted by Crippen LogP contribution is 2.20. The van der Waals surface area contributed by atoms with Crippen LogP contribution in [0, 0.1) is 0 Å². The highest BCUT2D eigenvalue weighted by atomic mass is 16.5. The number of hydroxylamine groups is 1. The van der Waals surface area contributed by atoms with Gasteiger partial charge in [0.2, 0.25) is 0 Å². The van der Waals surface area contributed by atoms with Crippen LogP contribution >= 0.6 is 0 Å². The van der Waals surface area contributed by atoms with Crippen LogP contribution in [0.1, 0.15) is 10.4 Å². The second-order valence-corrected chi connectivity index (χ2v) is 3.48. The van der Waals surface area contributed by atoms with Crippen molar-refractivity contribution >= 4 is 17.3 Å². The highest BCUT2D eigenvalue weighted by molar-refractivity contribution is 5.99. The molecule has 86 valence electrons. The van der Waals surface area contributed by atoms with Gasteiger partial charge in [-0.2, -0.15) is 0 Å². The maximum absolute atomic E-state index is 11.4. The van der Waals surface area contributed by atoms with Crippen molar-refractivity contribution in [1.29, 1.82) is 0 Å². The van der Waals surface area contributed by atoms with Crippen molar-refractivity contribution in [2.75, 3.05) is 5.32 Å². The van der Waals surface area contributed by atoms with Gasteiger partial charge in [0, 0.05) is 5.69 Å². The average Bonchev–Trinajstić information content (AvgIpc) is 2.40. The zero-order valence-corrected chi connectivity index (χ0v) is 9.05. The summed E-state index contributed by atoms with van der Waals surface area (Å²) in [5.74, 6) is -0.538. The molecule has 0 aliphatic carbocycles. The molecule has 0 heterocycles. The van der Waals surface area contributed by atoms with Gasteiger partial charge in [0.05, 0.1) is 11.3 Å². The van der Waals surface area contributed by atoms with Crippen LogP contribution in [0.25, 0.3) is 0 Å². The molecule has 4 heteroatoms. The summed E-state index contributed by atoms with van der Waals surface area (Å²) in [6, 6.07) is 16.5. The standard InChI is InChI=1S/C13H12N2O2/c16-13(15-17)11-8-4-5-9-12(11)14-10-6-2-1-3-7-10/h1-9,14,17H,(H,15,16). The number of hydrogen-bond donors (Lipinski definition) is 3. The second-order valence-electron chi connectivity index (χ2n) is 3.48. The summed E-state index contributed by atoms with van der Waals surface area (Å²) in [7, 11) is 0. The van der Waals surface area contributed by atoms with Crippen molar-refractivity contribution in [2.45, 2.75) is 0 Å². The van der Waals surface area contributed by atoms with E-state index in [-0.39, 0.29) is 0 Å². The number of hydrogen-bond acceptors (Lipinski definition) is 3. The third kappa shape index (κ3) is 2.62. The van der Waals surface area contributed by atoms with Gasteiger partial charge in [-0.15, -0.1) is 0 Å². The molecule has 4 nitrogen and oxygen atoms in total. The zero-order valence-electron chi connectivity index (χ0n) is 9.05. The van der Waals surface area contributed by atoms with Crippen LogP contribution in [0.5, 0.6) is 0 Å². The van der Waals surface area contributed by atoms with Gasteiger partial charge >= 0.3 is 0 Å². The van der Waals surface area contributed by atoms with Crippen LogP contribution in [0.15, 0.2) is 54.6 Å². The fourth-order valence-corrected chi connectivity index (χ4v) is 1.53. The number of nitrogens with one attached hydrogen (secondary N) is 2. The number of anilines is 2. The monoisotopic (exact) mass is 228 g/mol. The van der Waals surface area contributed by atoms with Crippen LogP contribution in [0.2, 0.25) is 0 Å². The van der Waals surface area contributed by atoms with Crippen LogP contribution in [-0.4, -0.2) is 11.1 Å². The second kappa shape index (κ2) is 5.14. The van der Waals surface area contributed by atoms with Crippen LogP contribution in [0.3, 0.4) is 0 Å². The molecule has 0 spiro atoms. The Labute approximate surface area is 98.9 Å². The van der Waals surface area contributed by atoms with E-state index in [0.29, 0.717) is 11.3 Å². The summed E-state index contributed by atoms with van der Waals surface area (Å²) in [4.78, 5) is 11.4. The van der Waals surface area contributed by atoms with E-state index in [1.54, 1.807) is 23.7 Å². The first kappa shape index (κ1) is 11.2. The molecule has 2 aromatic rings. The van der Waals surface area contributed by atoms with Crippen molar-refractivity contribution in [3.8, 4) is 0 Å². The zero-order chi connectivity index (χ0) is 12.1. The smallest absolute Gasteiger partial charge is 0.276 e. The molecule has 0 aromatic heterocycles. The van der Waals surface area contributed by atoms with Crippen molar-refractivity contribution < 1.29 is 10.0 Å². The molecule has 0 fully saturated rings. The number of carbonyl (C=O) groups excluding carboxylic acids is 1. The maximum atomic E-state index is 11.4. The lowest BCUT2D eigenvalue weighted by atomic mass is 10.1. The van der Waals surface area contributed by atoms with Crippen LogP contribution in [0.4, 0.5) is 11.4 Å². The lowest BCUT2D eigenvalue weighted by Gasteiger charge is -2.10. The van der Waals surface area contributed by atoms with E-state index in [1.807, 2.05) is 36.4 Å². The Balaban J connectivity index is 2.30. The van der Waals surface area contributed by atoms with Crippen molar-refractivity contribution in [1.82, 2.24) is 5.48 Å². The molecule has 0 aliphatic rings. The molecule has 0 saturated heterocycles. The van der Waals surface area contributed by atoms with Crippen LogP contribution < -0.4 is 10.8 Å². The lowest BCUT2D eigenvalue weighted by Crippen LogP contribution is -2.19. The summed E-state index contributed by atoms with van der Waals surface area (Å²) >= 11 is 0. The minimum atomic E-state index is -0.538. The van der Waals surface area contributed by atoms with E-state index in [2.05, 4.69) is 5.32 Å². The van der Waals surface area contributed by atoms with E-state index >= 15 is 0 Å². The Kier molecular flexibility index (Phi) is 3.37. The molecule has 0 unspecified atom stereocenters. The summed E-state index contributed by atoms with van der Waals surface area (Å²) < 4.78 is 0. The molecular formula is C13H12N2O2. The van der Waals surface area contributed by atoms with Gasteiger partial charge in [0.25, 0.3) is 5.91 Å². The Hall–Kier alpha value is -2.33. The lowest BCUT2D eigenvalue weighted by molar-refractivity contribution is 0.0707. The highest BCUT2D eigenvalue weighted by Gasteiger charge is 2.09. The van der Waals surface area contributed by atoms with Gasteiger partial charge in [-0.25, -0.2) is 5.48 Å². The maximum Gasteiger partial charge on any atom is 0.276 e. The van der Waals surface area contributed by atoms with Crippen molar-refractivity contribution in [2.24, 2.45) is 0 Å². The van der Waals surface area contributed by atoms with E-state index in [1.165, 1.54) is 0 Å². The molecule has 2 aromatic carbocycles. The van der Waals surface area contributed by atoms with Gasteiger partial charge in [0.15, 0.2) is 0 Å². The third-order valence-electron chi connectivity index (χ3n) is 2.33. The SMILES string of the molecule is O=C(NO)c1ccccc1Nc1ccccc1. The van der Waals surface area contributed by atoms with E-state index in [0.717, 1.165) is 5.69 Å². The minimum absolute atomic E-state index is 0.388. The molecule has 0 atom stereocenters. The van der Waals surface area contributed by atoms with Crippen LogP contribution in [-0.2, 0) is 0 Å². The Morgan fingerprint density at radius 2 is 1.59 bits per heavy atom. The molecule has 0 bridgehead atoms. The first-order valence-electron chi connectivity index (χ1n) is 5.17. The van der Waals surface area contributed by atoms with Gasteiger partial charge in [-0.1, -0.05) is 30.3 Å². The average molecular weight is 228 g/mol. The molecular weight excluding hydrogens is 216 g/mol. The topological polar surface area (TPSA) is 61.4 Å². The van der Waals surface area contributed by atoms with Gasteiger partial charge < -0.3 is 5.32 Å². The number of amides is 1. The fraction of sp³-hybridized carbons (Fsp3) is 0. The Morgan fingerprint density at radius 1 is 0.941 bits per heavy atom. The van der Waals surface area contributed by atoms with E-state index in [9.17, 15) is 4.79 Å². The summed E-state index contributed by atoms with van der Waals surface area (Å²) in [6.45, 7) is 0. The normalized spacial score (nSPS) is 9.71. The van der Waals surface area contributed by atoms with Crippen molar-refractivity contribution in [3.05, 3.63) is 60.2 Å². The molecule has 0 radical (unpaired) electrons. The molecule has 1 amide bonds. The molecule has 3 N–H and O–H groups in total. The molecule has 2 rings (SSSR count). The summed E-state index contributed by atoms with van der Waals surface area (Å²) in [5.41, 5.74) is 3.54. The first-order valence-corrected chi connectivity index (χ1v) is 5.17. The van der Waals surface area contributed by atoms with E-state index in [4.69, 9.17) is 5.21 Å². The van der Waals surface area contributed by atoms with E-state index < -0.39 is 5.91 Å². The number of carbonyl (C=O) groups is 1. The quantitative estimate of drug-likeness (QED) is 0.559. The molecule has 17 heavy (non-hydrogen) atoms. The number of para-hydroxylation sites is 2. The van der Waals surface area contributed by atoms with Crippen molar-refractivity contribution in [3.63, 3.8) is 0 Å². The number of benzene rings is 2. The predicted octanol–water partition coefficient (Wildman–Crippen LogP) is 2.55. The van der Waals surface area contributed by atoms with Gasteiger partial charge in [-0.3, -0.25) is 10.0 Å². The fourth-order valence-electron chi connectivity index (χ4n) is 1.53. The summed E-state index contributed by atoms with van der Waals surface area (Å²) in [5, 5.41) is 11.8. The minimum Gasteiger partial charge on any atom is -0.355 e. The van der Waals surface area contributed by atoms with Gasteiger partial charge in [-0.05, 0) is 24.3 Å².